The van der Waals surface area contributed by atoms with Crippen LogP contribution in [0.25, 0.3) is 0 Å². The van der Waals surface area contributed by atoms with Crippen molar-refractivity contribution in [2.75, 3.05) is 6.54 Å². The molecule has 0 aliphatic carbocycles. The molecule has 0 radical (unpaired) electrons. The molecule has 20 heavy (non-hydrogen) atoms. The Bertz CT molecular complexity index is 581. The normalized spacial score (nSPS) is 10.8. The summed E-state index contributed by atoms with van der Waals surface area (Å²) >= 11 is 5.82. The molecule has 0 spiro atoms. The maximum Gasteiger partial charge on any atom is 0.142 e. The zero-order valence-corrected chi connectivity index (χ0v) is 11.4. The fourth-order valence-electron chi connectivity index (χ4n) is 1.90. The molecule has 2 aromatic rings. The van der Waals surface area contributed by atoms with Gasteiger partial charge in [-0.05, 0) is 42.3 Å². The molecule has 0 aliphatic heterocycles. The topological polar surface area (TPSA) is 12.0 Å². The van der Waals surface area contributed by atoms with Crippen molar-refractivity contribution < 1.29 is 13.2 Å². The molecule has 2 aromatic carbocycles. The molecule has 0 heterocycles. The molecule has 0 aliphatic rings. The van der Waals surface area contributed by atoms with Gasteiger partial charge in [0.1, 0.15) is 17.5 Å². The predicted molar refractivity (Wildman–Crippen MR) is 73.2 cm³/mol. The Hall–Kier alpha value is -1.52. The van der Waals surface area contributed by atoms with Gasteiger partial charge in [0.15, 0.2) is 0 Å². The Morgan fingerprint density at radius 3 is 2.40 bits per heavy atom. The lowest BCUT2D eigenvalue weighted by Gasteiger charge is -2.07. The van der Waals surface area contributed by atoms with Crippen LogP contribution in [-0.2, 0) is 13.0 Å². The summed E-state index contributed by atoms with van der Waals surface area (Å²) in [7, 11) is 0. The lowest BCUT2D eigenvalue weighted by Crippen LogP contribution is -2.17. The summed E-state index contributed by atoms with van der Waals surface area (Å²) in [6.45, 7) is 0.907. The molecule has 0 bridgehead atoms. The van der Waals surface area contributed by atoms with Crippen LogP contribution < -0.4 is 5.32 Å². The van der Waals surface area contributed by atoms with Gasteiger partial charge in [0.2, 0.25) is 0 Å². The summed E-state index contributed by atoms with van der Waals surface area (Å²) in [6.07, 6.45) is 0.474. The van der Waals surface area contributed by atoms with Gasteiger partial charge in [-0.2, -0.15) is 0 Å². The van der Waals surface area contributed by atoms with E-state index in [9.17, 15) is 13.2 Å². The summed E-state index contributed by atoms with van der Waals surface area (Å²) in [5.74, 6) is -1.64. The van der Waals surface area contributed by atoms with E-state index in [0.717, 1.165) is 6.07 Å². The zero-order chi connectivity index (χ0) is 14.5. The summed E-state index contributed by atoms with van der Waals surface area (Å²) in [4.78, 5) is 0. The molecule has 0 atom stereocenters. The van der Waals surface area contributed by atoms with Crippen LogP contribution in [0, 0.1) is 17.5 Å². The predicted octanol–water partition coefficient (Wildman–Crippen LogP) is 4.09. The van der Waals surface area contributed by atoms with Gasteiger partial charge in [-0.3, -0.25) is 0 Å². The summed E-state index contributed by atoms with van der Waals surface area (Å²) in [6, 6.07) is 8.02. The summed E-state index contributed by atoms with van der Waals surface area (Å²) in [5.41, 5.74) is 1.22. The van der Waals surface area contributed by atoms with Crippen LogP contribution in [0.3, 0.4) is 0 Å². The van der Waals surface area contributed by atoms with E-state index < -0.39 is 17.5 Å². The first-order valence-corrected chi connectivity index (χ1v) is 6.52. The number of hydrogen-bond donors (Lipinski definition) is 1. The molecule has 0 unspecified atom stereocenters. The van der Waals surface area contributed by atoms with Gasteiger partial charge in [-0.1, -0.05) is 23.7 Å². The van der Waals surface area contributed by atoms with Crippen molar-refractivity contribution in [1.82, 2.24) is 5.32 Å². The first-order chi connectivity index (χ1) is 9.56. The monoisotopic (exact) mass is 299 g/mol. The van der Waals surface area contributed by atoms with Gasteiger partial charge in [-0.15, -0.1) is 0 Å². The minimum Gasteiger partial charge on any atom is -0.312 e. The largest absolute Gasteiger partial charge is 0.312 e. The smallest absolute Gasteiger partial charge is 0.142 e. The third kappa shape index (κ3) is 3.99. The molecule has 0 amide bonds. The molecule has 106 valence electrons. The Balaban J connectivity index is 1.86. The summed E-state index contributed by atoms with van der Waals surface area (Å²) < 4.78 is 39.2. The average Bonchev–Trinajstić information content (AvgIpc) is 2.38. The molecular formula is C15H13ClF3N. The van der Waals surface area contributed by atoms with Crippen molar-refractivity contribution >= 4 is 11.6 Å². The highest BCUT2D eigenvalue weighted by molar-refractivity contribution is 6.31. The second-order valence-corrected chi connectivity index (χ2v) is 4.80. The van der Waals surface area contributed by atoms with Crippen LogP contribution in [-0.4, -0.2) is 6.54 Å². The van der Waals surface area contributed by atoms with Crippen LogP contribution in [0.5, 0.6) is 0 Å². The number of rotatable bonds is 5. The van der Waals surface area contributed by atoms with E-state index in [1.165, 1.54) is 18.2 Å². The van der Waals surface area contributed by atoms with Crippen LogP contribution in [0.4, 0.5) is 13.2 Å². The Morgan fingerprint density at radius 2 is 1.70 bits per heavy atom. The van der Waals surface area contributed by atoms with Crippen LogP contribution in [0.1, 0.15) is 11.1 Å². The Kier molecular flexibility index (Phi) is 5.04. The Morgan fingerprint density at radius 1 is 1.00 bits per heavy atom. The lowest BCUT2D eigenvalue weighted by molar-refractivity contribution is 0.577. The average molecular weight is 300 g/mol. The highest BCUT2D eigenvalue weighted by Crippen LogP contribution is 2.19. The fourth-order valence-corrected chi connectivity index (χ4v) is 2.09. The highest BCUT2D eigenvalue weighted by Gasteiger charge is 2.05. The van der Waals surface area contributed by atoms with Crippen molar-refractivity contribution in [3.63, 3.8) is 0 Å². The van der Waals surface area contributed by atoms with Crippen molar-refractivity contribution in [2.45, 2.75) is 13.0 Å². The molecule has 0 fully saturated rings. The van der Waals surface area contributed by atoms with Crippen LogP contribution >= 0.6 is 11.6 Å². The Labute approximate surface area is 120 Å². The van der Waals surface area contributed by atoms with Crippen molar-refractivity contribution in [2.24, 2.45) is 0 Å². The van der Waals surface area contributed by atoms with Crippen LogP contribution in [0.15, 0.2) is 36.4 Å². The quantitative estimate of drug-likeness (QED) is 0.820. The molecule has 2 rings (SSSR count). The first-order valence-electron chi connectivity index (χ1n) is 6.15. The lowest BCUT2D eigenvalue weighted by atomic mass is 10.1. The molecule has 0 saturated heterocycles. The molecular weight excluding hydrogens is 287 g/mol. The van der Waals surface area contributed by atoms with E-state index in [4.69, 9.17) is 11.6 Å². The van der Waals surface area contributed by atoms with E-state index in [-0.39, 0.29) is 5.02 Å². The third-order valence-corrected chi connectivity index (χ3v) is 3.28. The second kappa shape index (κ2) is 6.77. The van der Waals surface area contributed by atoms with E-state index in [2.05, 4.69) is 5.32 Å². The molecule has 1 N–H and O–H groups in total. The van der Waals surface area contributed by atoms with E-state index in [0.29, 0.717) is 30.6 Å². The van der Waals surface area contributed by atoms with Gasteiger partial charge in [0, 0.05) is 12.6 Å². The standard InChI is InChI=1S/C15H13ClF3N/c16-15-11(2-1-3-14(15)19)9-20-5-4-10-6-12(17)8-13(18)7-10/h1-3,6-8,20H,4-5,9H2. The van der Waals surface area contributed by atoms with Crippen molar-refractivity contribution in [3.05, 3.63) is 70.0 Å². The first kappa shape index (κ1) is 14.9. The second-order valence-electron chi connectivity index (χ2n) is 4.42. The highest BCUT2D eigenvalue weighted by atomic mass is 35.5. The fraction of sp³-hybridized carbons (Fsp3) is 0.200. The van der Waals surface area contributed by atoms with E-state index >= 15 is 0 Å². The summed E-state index contributed by atoms with van der Waals surface area (Å²) in [5, 5.41) is 3.16. The molecule has 0 saturated carbocycles. The zero-order valence-electron chi connectivity index (χ0n) is 10.6. The minimum atomic E-state index is -0.590. The molecule has 1 nitrogen and oxygen atoms in total. The van der Waals surface area contributed by atoms with Crippen molar-refractivity contribution in [1.29, 1.82) is 0 Å². The number of hydrogen-bond acceptors (Lipinski definition) is 1. The number of benzene rings is 2. The van der Waals surface area contributed by atoms with Gasteiger partial charge in [-0.25, -0.2) is 13.2 Å². The van der Waals surface area contributed by atoms with Gasteiger partial charge in [0.05, 0.1) is 5.02 Å². The van der Waals surface area contributed by atoms with E-state index in [1.54, 1.807) is 12.1 Å². The van der Waals surface area contributed by atoms with Gasteiger partial charge in [0.25, 0.3) is 0 Å². The van der Waals surface area contributed by atoms with Crippen LogP contribution in [0.2, 0.25) is 5.02 Å². The molecule has 5 heteroatoms. The SMILES string of the molecule is Fc1cc(F)cc(CCNCc2cccc(F)c2Cl)c1. The minimum absolute atomic E-state index is 0.0943. The molecule has 0 aromatic heterocycles. The van der Waals surface area contributed by atoms with Gasteiger partial charge < -0.3 is 5.32 Å². The maximum absolute atomic E-state index is 13.2. The maximum atomic E-state index is 13.2. The van der Waals surface area contributed by atoms with Gasteiger partial charge >= 0.3 is 0 Å². The van der Waals surface area contributed by atoms with Crippen molar-refractivity contribution in [3.8, 4) is 0 Å². The third-order valence-electron chi connectivity index (χ3n) is 2.86. The van der Waals surface area contributed by atoms with E-state index in [1.807, 2.05) is 0 Å². The number of nitrogens with one attached hydrogen (secondary N) is 1. The number of halogens is 4.